The van der Waals surface area contributed by atoms with Crippen molar-refractivity contribution in [1.82, 2.24) is 15.1 Å². The molecule has 2 bridgehead atoms. The minimum Gasteiger partial charge on any atom is -0.454 e. The lowest BCUT2D eigenvalue weighted by Crippen LogP contribution is -2.66. The van der Waals surface area contributed by atoms with Crippen LogP contribution in [0.25, 0.3) is 0 Å². The van der Waals surface area contributed by atoms with Gasteiger partial charge in [-0.15, -0.1) is 0 Å². The van der Waals surface area contributed by atoms with Crippen LogP contribution in [0.5, 0.6) is 0 Å². The number of H-pyrrole nitrogens is 1. The van der Waals surface area contributed by atoms with Crippen molar-refractivity contribution in [3.05, 3.63) is 89.7 Å². The Morgan fingerprint density at radius 3 is 2.32 bits per heavy atom. The quantitative estimate of drug-likeness (QED) is 0.365. The van der Waals surface area contributed by atoms with E-state index >= 15 is 0 Å². The fraction of sp³-hybridized carbons (Fsp3) is 0.484. The van der Waals surface area contributed by atoms with Gasteiger partial charge in [-0.3, -0.25) is 10.00 Å². The van der Waals surface area contributed by atoms with E-state index in [0.29, 0.717) is 5.92 Å². The molecule has 6 heteroatoms. The van der Waals surface area contributed by atoms with E-state index in [4.69, 9.17) is 4.74 Å². The third kappa shape index (κ3) is 4.40. The van der Waals surface area contributed by atoms with E-state index in [-0.39, 0.29) is 18.1 Å². The summed E-state index contributed by atoms with van der Waals surface area (Å²) in [5.41, 5.74) is 2.78. The molecule has 4 aliphatic rings. The van der Waals surface area contributed by atoms with Crippen molar-refractivity contribution in [1.29, 1.82) is 0 Å². The van der Waals surface area contributed by atoms with Crippen molar-refractivity contribution in [2.45, 2.75) is 56.7 Å². The number of benzene rings is 2. The summed E-state index contributed by atoms with van der Waals surface area (Å²) in [6.45, 7) is 7.01. The molecule has 0 saturated carbocycles. The molecule has 4 aliphatic heterocycles. The third-order valence-electron chi connectivity index (χ3n) is 9.44. The smallest absolute Gasteiger partial charge is 0.331 e. The summed E-state index contributed by atoms with van der Waals surface area (Å²) in [4.78, 5) is 16.6. The first-order valence-corrected chi connectivity index (χ1v) is 14.0. The number of esters is 1. The van der Waals surface area contributed by atoms with Gasteiger partial charge in [0.25, 0.3) is 0 Å². The van der Waals surface area contributed by atoms with E-state index in [1.165, 1.54) is 17.5 Å². The fourth-order valence-corrected chi connectivity index (χ4v) is 7.32. The predicted octanol–water partition coefficient (Wildman–Crippen LogP) is 5.05. The van der Waals surface area contributed by atoms with Crippen LogP contribution in [-0.2, 0) is 15.1 Å². The molecular formula is C31H39N4O2+. The topological polar surface area (TPSA) is 58.2 Å². The molecular weight excluding hydrogens is 460 g/mol. The summed E-state index contributed by atoms with van der Waals surface area (Å²) >= 11 is 0. The van der Waals surface area contributed by atoms with Gasteiger partial charge in [-0.25, -0.2) is 4.79 Å². The van der Waals surface area contributed by atoms with Crippen LogP contribution in [0.1, 0.15) is 61.8 Å². The standard InChI is InChI=1S/C31H39N4O2/c1-31(27-13-7-3-8-14-27,34-17-9-4-10-18-34)30(36)37-28-23-35(19-15-24(28)16-20-35)29(26-21-32-33-22-26)25-11-5-2-6-12-25/h2-3,5-8,11-14,21-22,24,28-29H,4,9-10,15-20,23H2,1H3,(H,32,33)/q+1/t24?,28-,29?,31-,35?/m0/s1. The number of carbonyl (C=O) groups excluding carboxylic acids is 1. The molecule has 3 aromatic rings. The molecule has 5 heterocycles. The van der Waals surface area contributed by atoms with Gasteiger partial charge in [-0.05, 0) is 38.4 Å². The predicted molar refractivity (Wildman–Crippen MR) is 144 cm³/mol. The first-order valence-electron chi connectivity index (χ1n) is 14.0. The number of likely N-dealkylation sites (tertiary alicyclic amines) is 1. The van der Waals surface area contributed by atoms with E-state index in [1.54, 1.807) is 0 Å². The van der Waals surface area contributed by atoms with Crippen LogP contribution in [0, 0.1) is 5.92 Å². The van der Waals surface area contributed by atoms with E-state index in [1.807, 2.05) is 30.6 Å². The van der Waals surface area contributed by atoms with Crippen LogP contribution in [0.15, 0.2) is 73.1 Å². The Balaban J connectivity index is 1.30. The number of hydrogen-bond acceptors (Lipinski definition) is 4. The molecule has 1 aromatic heterocycles. The molecule has 2 aromatic carbocycles. The van der Waals surface area contributed by atoms with E-state index in [0.717, 1.165) is 68.5 Å². The Kier molecular flexibility index (Phi) is 6.63. The molecule has 0 aliphatic carbocycles. The Labute approximate surface area is 220 Å². The van der Waals surface area contributed by atoms with Crippen LogP contribution in [0.2, 0.25) is 0 Å². The average Bonchev–Trinajstić information content (AvgIpc) is 3.49. The van der Waals surface area contributed by atoms with Gasteiger partial charge in [-0.2, -0.15) is 5.10 Å². The van der Waals surface area contributed by atoms with Gasteiger partial charge in [0.15, 0.2) is 6.10 Å². The van der Waals surface area contributed by atoms with Crippen molar-refractivity contribution in [2.24, 2.45) is 5.92 Å². The normalized spacial score (nSPS) is 28.4. The molecule has 7 rings (SSSR count). The molecule has 0 radical (unpaired) electrons. The Hall–Kier alpha value is -2.96. The summed E-state index contributed by atoms with van der Waals surface area (Å²) in [5, 5.41) is 7.34. The summed E-state index contributed by atoms with van der Waals surface area (Å²) in [5.74, 6) is 0.350. The number of aromatic nitrogens is 2. The van der Waals surface area contributed by atoms with Crippen molar-refractivity contribution >= 4 is 5.97 Å². The molecule has 37 heavy (non-hydrogen) atoms. The lowest BCUT2D eigenvalue weighted by atomic mass is 9.79. The van der Waals surface area contributed by atoms with Crippen molar-refractivity contribution in [3.63, 3.8) is 0 Å². The lowest BCUT2D eigenvalue weighted by Gasteiger charge is -2.56. The van der Waals surface area contributed by atoms with Crippen molar-refractivity contribution in [3.8, 4) is 0 Å². The number of piperidine rings is 4. The zero-order chi connectivity index (χ0) is 25.3. The largest absolute Gasteiger partial charge is 0.454 e. The van der Waals surface area contributed by atoms with E-state index in [2.05, 4.69) is 64.5 Å². The second-order valence-electron chi connectivity index (χ2n) is 11.5. The monoisotopic (exact) mass is 499 g/mol. The zero-order valence-corrected chi connectivity index (χ0v) is 21.9. The molecule has 1 N–H and O–H groups in total. The Morgan fingerprint density at radius 1 is 1.00 bits per heavy atom. The number of hydrogen-bond donors (Lipinski definition) is 1. The highest BCUT2D eigenvalue weighted by atomic mass is 16.5. The van der Waals surface area contributed by atoms with Crippen molar-refractivity contribution in [2.75, 3.05) is 32.7 Å². The lowest BCUT2D eigenvalue weighted by molar-refractivity contribution is -0.968. The SMILES string of the molecule is C[C@@](C(=O)O[C@H]1C[N+]2(C(c3ccccc3)c3cn[nH]c3)CCC1CC2)(c1ccccc1)N1CCCCC1. The zero-order valence-electron chi connectivity index (χ0n) is 21.9. The van der Waals surface area contributed by atoms with E-state index < -0.39 is 5.54 Å². The van der Waals surface area contributed by atoms with Crippen LogP contribution < -0.4 is 0 Å². The fourth-order valence-electron chi connectivity index (χ4n) is 7.32. The molecule has 4 fully saturated rings. The minimum absolute atomic E-state index is 0.0686. The second-order valence-corrected chi connectivity index (χ2v) is 11.5. The van der Waals surface area contributed by atoms with Gasteiger partial charge in [-0.1, -0.05) is 67.1 Å². The number of nitrogens with one attached hydrogen (secondary N) is 1. The van der Waals surface area contributed by atoms with E-state index in [9.17, 15) is 4.79 Å². The Bertz CT molecular complexity index is 1170. The third-order valence-corrected chi connectivity index (χ3v) is 9.44. The molecule has 194 valence electrons. The van der Waals surface area contributed by atoms with Gasteiger partial charge in [0.1, 0.15) is 18.1 Å². The number of carbonyl (C=O) groups is 1. The maximum absolute atomic E-state index is 14.2. The first kappa shape index (κ1) is 24.4. The minimum atomic E-state index is -0.762. The number of quaternary nitrogens is 1. The number of nitrogens with zero attached hydrogens (tertiary/aromatic N) is 3. The highest BCUT2D eigenvalue weighted by Crippen LogP contribution is 2.46. The maximum atomic E-state index is 14.2. The molecule has 6 nitrogen and oxygen atoms in total. The first-order chi connectivity index (χ1) is 18.1. The Morgan fingerprint density at radius 2 is 1.68 bits per heavy atom. The maximum Gasteiger partial charge on any atom is 0.331 e. The summed E-state index contributed by atoms with van der Waals surface area (Å²) < 4.78 is 7.53. The number of ether oxygens (including phenoxy) is 1. The highest BCUT2D eigenvalue weighted by molar-refractivity contribution is 5.82. The average molecular weight is 500 g/mol. The van der Waals surface area contributed by atoms with Crippen LogP contribution in [0.4, 0.5) is 0 Å². The molecule has 0 amide bonds. The summed E-state index contributed by atoms with van der Waals surface area (Å²) in [6.07, 6.45) is 9.60. The van der Waals surface area contributed by atoms with Crippen molar-refractivity contribution < 1.29 is 14.0 Å². The second kappa shape index (κ2) is 10.1. The van der Waals surface area contributed by atoms with Crippen LogP contribution >= 0.6 is 0 Å². The van der Waals surface area contributed by atoms with Gasteiger partial charge >= 0.3 is 5.97 Å². The van der Waals surface area contributed by atoms with Crippen LogP contribution in [-0.4, -0.2) is 64.4 Å². The molecule has 0 spiro atoms. The number of rotatable bonds is 7. The summed E-state index contributed by atoms with van der Waals surface area (Å²) in [6, 6.07) is 21.2. The number of fused-ring (bicyclic) bond motifs is 3. The van der Waals surface area contributed by atoms with Crippen LogP contribution in [0.3, 0.4) is 0 Å². The summed E-state index contributed by atoms with van der Waals surface area (Å²) in [7, 11) is 0. The molecule has 1 unspecified atom stereocenters. The van der Waals surface area contributed by atoms with Gasteiger partial charge in [0.05, 0.1) is 24.8 Å². The number of aromatic amines is 1. The van der Waals surface area contributed by atoms with Gasteiger partial charge < -0.3 is 9.22 Å². The van der Waals surface area contributed by atoms with Gasteiger partial charge in [0, 0.05) is 30.5 Å². The molecule has 4 saturated heterocycles. The van der Waals surface area contributed by atoms with Gasteiger partial charge in [0.2, 0.25) is 0 Å². The highest BCUT2D eigenvalue weighted by Gasteiger charge is 2.54. The molecule has 3 atom stereocenters.